The molecule has 4 nitrogen and oxygen atoms in total. The van der Waals surface area contributed by atoms with Gasteiger partial charge in [0.2, 0.25) is 0 Å². The van der Waals surface area contributed by atoms with Crippen molar-refractivity contribution in [3.63, 3.8) is 0 Å². The highest BCUT2D eigenvalue weighted by molar-refractivity contribution is 5.52. The third-order valence-corrected chi connectivity index (χ3v) is 3.29. The Morgan fingerprint density at radius 2 is 2.44 bits per heavy atom. The largest absolute Gasteiger partial charge is 0.490 e. The van der Waals surface area contributed by atoms with Gasteiger partial charge < -0.3 is 15.0 Å². The molecule has 1 fully saturated rings. The van der Waals surface area contributed by atoms with Gasteiger partial charge in [-0.05, 0) is 44.5 Å². The van der Waals surface area contributed by atoms with E-state index in [9.17, 15) is 0 Å². The van der Waals surface area contributed by atoms with E-state index in [1.807, 2.05) is 25.4 Å². The first-order valence-corrected chi connectivity index (χ1v) is 6.82. The topological polar surface area (TPSA) is 37.4 Å². The molecule has 4 heteroatoms. The molecule has 1 unspecified atom stereocenters. The fraction of sp³-hybridized carbons (Fsp3) is 0.643. The number of anilines is 1. The second kappa shape index (κ2) is 6.59. The first-order valence-electron chi connectivity index (χ1n) is 6.82. The Morgan fingerprint density at radius 1 is 1.56 bits per heavy atom. The molecule has 0 radical (unpaired) electrons. The van der Waals surface area contributed by atoms with Crippen molar-refractivity contribution in [3.05, 3.63) is 18.3 Å². The molecule has 1 N–H and O–H groups in total. The van der Waals surface area contributed by atoms with E-state index in [2.05, 4.69) is 22.1 Å². The van der Waals surface area contributed by atoms with E-state index >= 15 is 0 Å². The van der Waals surface area contributed by atoms with Crippen LogP contribution in [0.15, 0.2) is 18.3 Å². The second-order valence-corrected chi connectivity index (χ2v) is 4.83. The molecular weight excluding hydrogens is 226 g/mol. The third kappa shape index (κ3) is 3.13. The molecule has 1 atom stereocenters. The van der Waals surface area contributed by atoms with E-state index in [-0.39, 0.29) is 0 Å². The zero-order chi connectivity index (χ0) is 12.8. The van der Waals surface area contributed by atoms with Gasteiger partial charge in [0.25, 0.3) is 0 Å². The average molecular weight is 249 g/mol. The number of hydrogen-bond acceptors (Lipinski definition) is 4. The van der Waals surface area contributed by atoms with Gasteiger partial charge in [0.15, 0.2) is 11.6 Å². The van der Waals surface area contributed by atoms with Crippen LogP contribution in [0.3, 0.4) is 0 Å². The molecule has 2 rings (SSSR count). The molecule has 1 aliphatic heterocycles. The molecule has 0 aliphatic carbocycles. The summed E-state index contributed by atoms with van der Waals surface area (Å²) in [6.07, 6.45) is 4.10. The van der Waals surface area contributed by atoms with E-state index in [4.69, 9.17) is 4.74 Å². The highest BCUT2D eigenvalue weighted by Gasteiger charge is 2.24. The van der Waals surface area contributed by atoms with E-state index < -0.39 is 0 Å². The standard InChI is InChI=1S/C14H23N3O/c1-3-9-18-13-5-4-7-16-14(13)17-8-6-12(11-17)10-15-2/h4-5,7,12,15H,3,6,8-11H2,1-2H3. The maximum absolute atomic E-state index is 5.77. The van der Waals surface area contributed by atoms with Crippen molar-refractivity contribution in [2.24, 2.45) is 5.92 Å². The normalized spacial score (nSPS) is 19.2. The van der Waals surface area contributed by atoms with Gasteiger partial charge in [0.1, 0.15) is 0 Å². The quantitative estimate of drug-likeness (QED) is 0.836. The zero-order valence-electron chi connectivity index (χ0n) is 11.4. The Balaban J connectivity index is 2.04. The Labute approximate surface area is 109 Å². The van der Waals surface area contributed by atoms with Crippen LogP contribution in [0.5, 0.6) is 5.75 Å². The van der Waals surface area contributed by atoms with Crippen molar-refractivity contribution in [2.45, 2.75) is 19.8 Å². The van der Waals surface area contributed by atoms with Gasteiger partial charge in [-0.25, -0.2) is 4.98 Å². The van der Waals surface area contributed by atoms with Crippen LogP contribution in [0.25, 0.3) is 0 Å². The lowest BCUT2D eigenvalue weighted by Gasteiger charge is -2.20. The minimum Gasteiger partial charge on any atom is -0.490 e. The van der Waals surface area contributed by atoms with Gasteiger partial charge in [-0.15, -0.1) is 0 Å². The Hall–Kier alpha value is -1.29. The maximum atomic E-state index is 5.77. The highest BCUT2D eigenvalue weighted by atomic mass is 16.5. The summed E-state index contributed by atoms with van der Waals surface area (Å²) in [5.41, 5.74) is 0. The van der Waals surface area contributed by atoms with Crippen LogP contribution >= 0.6 is 0 Å². The average Bonchev–Trinajstić information content (AvgIpc) is 2.86. The molecule has 18 heavy (non-hydrogen) atoms. The lowest BCUT2D eigenvalue weighted by molar-refractivity contribution is 0.316. The van der Waals surface area contributed by atoms with Gasteiger partial charge in [-0.1, -0.05) is 6.92 Å². The number of ether oxygens (including phenoxy) is 1. The molecule has 1 aromatic heterocycles. The molecule has 2 heterocycles. The molecule has 0 aromatic carbocycles. The van der Waals surface area contributed by atoms with Crippen LogP contribution in [-0.2, 0) is 0 Å². The van der Waals surface area contributed by atoms with Crippen molar-refractivity contribution in [2.75, 3.05) is 38.2 Å². The molecule has 1 saturated heterocycles. The summed E-state index contributed by atoms with van der Waals surface area (Å²) in [7, 11) is 2.01. The molecule has 0 saturated carbocycles. The first-order chi connectivity index (χ1) is 8.85. The summed E-state index contributed by atoms with van der Waals surface area (Å²) in [6.45, 7) is 6.10. The van der Waals surface area contributed by atoms with Crippen LogP contribution < -0.4 is 15.0 Å². The molecule has 0 bridgehead atoms. The maximum Gasteiger partial charge on any atom is 0.171 e. The molecular formula is C14H23N3O. The van der Waals surface area contributed by atoms with Gasteiger partial charge >= 0.3 is 0 Å². The molecule has 1 aromatic rings. The Bertz CT molecular complexity index is 370. The molecule has 0 amide bonds. The van der Waals surface area contributed by atoms with Crippen molar-refractivity contribution < 1.29 is 4.74 Å². The smallest absolute Gasteiger partial charge is 0.171 e. The van der Waals surface area contributed by atoms with E-state index in [1.54, 1.807) is 0 Å². The molecule has 1 aliphatic rings. The number of hydrogen-bond donors (Lipinski definition) is 1. The number of nitrogens with one attached hydrogen (secondary N) is 1. The lowest BCUT2D eigenvalue weighted by Crippen LogP contribution is -2.25. The van der Waals surface area contributed by atoms with Crippen LogP contribution in [0, 0.1) is 5.92 Å². The Kier molecular flexibility index (Phi) is 4.81. The lowest BCUT2D eigenvalue weighted by atomic mass is 10.1. The van der Waals surface area contributed by atoms with Gasteiger partial charge in [-0.3, -0.25) is 0 Å². The van der Waals surface area contributed by atoms with Crippen LogP contribution in [0.4, 0.5) is 5.82 Å². The van der Waals surface area contributed by atoms with Crippen molar-refractivity contribution in [1.82, 2.24) is 10.3 Å². The summed E-state index contributed by atoms with van der Waals surface area (Å²) in [4.78, 5) is 6.83. The van der Waals surface area contributed by atoms with E-state index in [1.165, 1.54) is 6.42 Å². The summed E-state index contributed by atoms with van der Waals surface area (Å²) in [5.74, 6) is 2.64. The first kappa shape index (κ1) is 13.1. The SMILES string of the molecule is CCCOc1cccnc1N1CCC(CNC)C1. The van der Waals surface area contributed by atoms with Crippen LogP contribution in [0.2, 0.25) is 0 Å². The van der Waals surface area contributed by atoms with Crippen LogP contribution in [-0.4, -0.2) is 38.3 Å². The van der Waals surface area contributed by atoms with Crippen molar-refractivity contribution >= 4 is 5.82 Å². The minimum absolute atomic E-state index is 0.719. The fourth-order valence-electron chi connectivity index (χ4n) is 2.42. The predicted octanol–water partition coefficient (Wildman–Crippen LogP) is 1.92. The summed E-state index contributed by atoms with van der Waals surface area (Å²) < 4.78 is 5.77. The summed E-state index contributed by atoms with van der Waals surface area (Å²) in [6, 6.07) is 3.96. The van der Waals surface area contributed by atoms with Crippen LogP contribution in [0.1, 0.15) is 19.8 Å². The van der Waals surface area contributed by atoms with E-state index in [0.29, 0.717) is 0 Å². The molecule has 100 valence electrons. The number of nitrogens with zero attached hydrogens (tertiary/aromatic N) is 2. The summed E-state index contributed by atoms with van der Waals surface area (Å²) in [5, 5.41) is 3.25. The minimum atomic E-state index is 0.719. The monoisotopic (exact) mass is 249 g/mol. The van der Waals surface area contributed by atoms with Crippen molar-refractivity contribution in [1.29, 1.82) is 0 Å². The van der Waals surface area contributed by atoms with Gasteiger partial charge in [0, 0.05) is 19.3 Å². The number of pyridine rings is 1. The number of aromatic nitrogens is 1. The Morgan fingerprint density at radius 3 is 3.22 bits per heavy atom. The fourth-order valence-corrected chi connectivity index (χ4v) is 2.42. The third-order valence-electron chi connectivity index (χ3n) is 3.29. The van der Waals surface area contributed by atoms with Crippen molar-refractivity contribution in [3.8, 4) is 5.75 Å². The summed E-state index contributed by atoms with van der Waals surface area (Å²) >= 11 is 0. The molecule has 0 spiro atoms. The second-order valence-electron chi connectivity index (χ2n) is 4.83. The van der Waals surface area contributed by atoms with E-state index in [0.717, 1.165) is 50.1 Å². The zero-order valence-corrected chi connectivity index (χ0v) is 11.4. The van der Waals surface area contributed by atoms with Gasteiger partial charge in [-0.2, -0.15) is 0 Å². The highest BCUT2D eigenvalue weighted by Crippen LogP contribution is 2.29. The predicted molar refractivity (Wildman–Crippen MR) is 74.3 cm³/mol. The van der Waals surface area contributed by atoms with Gasteiger partial charge in [0.05, 0.1) is 6.61 Å². The number of rotatable bonds is 6.